The molecular weight excluding hydrogens is 286 g/mol. The minimum atomic E-state index is 0.154. The number of pyridine rings is 1. The Balaban J connectivity index is 1.73. The minimum Gasteiger partial charge on any atom is -0.356 e. The highest BCUT2D eigenvalue weighted by atomic mass is 15.2. The third-order valence-corrected chi connectivity index (χ3v) is 4.55. The highest BCUT2D eigenvalue weighted by molar-refractivity contribution is 5.79. The largest absolute Gasteiger partial charge is 0.356 e. The molecule has 1 fully saturated rings. The number of guanidine groups is 1. The highest BCUT2D eigenvalue weighted by Crippen LogP contribution is 2.19. The Kier molecular flexibility index (Phi) is 6.84. The molecule has 2 N–H and O–H groups in total. The molecule has 0 aromatic carbocycles. The fourth-order valence-corrected chi connectivity index (χ4v) is 3.00. The predicted octanol–water partition coefficient (Wildman–Crippen LogP) is 2.05. The zero-order valence-corrected chi connectivity index (χ0v) is 14.8. The normalized spacial score (nSPS) is 17.1. The van der Waals surface area contributed by atoms with Crippen LogP contribution in [0.15, 0.2) is 29.5 Å². The monoisotopic (exact) mass is 317 g/mol. The first-order chi connectivity index (χ1) is 11.1. The van der Waals surface area contributed by atoms with Gasteiger partial charge in [0, 0.05) is 38.1 Å². The molecule has 23 heavy (non-hydrogen) atoms. The van der Waals surface area contributed by atoms with Gasteiger partial charge in [0.1, 0.15) is 0 Å². The number of nitrogens with zero attached hydrogens (tertiary/aromatic N) is 3. The molecule has 5 nitrogen and oxygen atoms in total. The lowest BCUT2D eigenvalue weighted by Gasteiger charge is -2.41. The van der Waals surface area contributed by atoms with Crippen LogP contribution in [-0.2, 0) is 6.42 Å². The van der Waals surface area contributed by atoms with Gasteiger partial charge in [-0.05, 0) is 57.8 Å². The van der Waals surface area contributed by atoms with Gasteiger partial charge in [-0.1, -0.05) is 12.5 Å². The first-order valence-corrected chi connectivity index (χ1v) is 8.70. The standard InChI is InChI=1S/C18H31N5/c1-18(2,23-12-5-4-6-13-23)15-22-17(19-3)21-11-9-16-8-7-10-20-14-16/h7-8,10,14H,4-6,9,11-13,15H2,1-3H3,(H2,19,21,22). The van der Waals surface area contributed by atoms with Crippen LogP contribution in [0.25, 0.3) is 0 Å². The van der Waals surface area contributed by atoms with Crippen molar-refractivity contribution in [1.82, 2.24) is 20.5 Å². The van der Waals surface area contributed by atoms with Crippen LogP contribution in [-0.4, -0.2) is 54.6 Å². The van der Waals surface area contributed by atoms with Crippen LogP contribution in [0.5, 0.6) is 0 Å². The van der Waals surface area contributed by atoms with Gasteiger partial charge in [-0.25, -0.2) is 0 Å². The summed E-state index contributed by atoms with van der Waals surface area (Å²) in [6, 6.07) is 4.08. The fourth-order valence-electron chi connectivity index (χ4n) is 3.00. The van der Waals surface area contributed by atoms with E-state index in [9.17, 15) is 0 Å². The summed E-state index contributed by atoms with van der Waals surface area (Å²) in [5, 5.41) is 6.86. The molecule has 0 saturated carbocycles. The molecule has 0 bridgehead atoms. The summed E-state index contributed by atoms with van der Waals surface area (Å²) >= 11 is 0. The van der Waals surface area contributed by atoms with Crippen LogP contribution >= 0.6 is 0 Å². The third-order valence-electron chi connectivity index (χ3n) is 4.55. The van der Waals surface area contributed by atoms with E-state index < -0.39 is 0 Å². The van der Waals surface area contributed by atoms with Crippen LogP contribution in [0.2, 0.25) is 0 Å². The van der Waals surface area contributed by atoms with Crippen molar-refractivity contribution in [2.24, 2.45) is 4.99 Å². The topological polar surface area (TPSA) is 52.6 Å². The van der Waals surface area contributed by atoms with Gasteiger partial charge in [0.15, 0.2) is 5.96 Å². The Bertz CT molecular complexity index is 477. The molecule has 5 heteroatoms. The Morgan fingerprint density at radius 1 is 1.26 bits per heavy atom. The molecule has 0 atom stereocenters. The average Bonchev–Trinajstić information content (AvgIpc) is 2.59. The first-order valence-electron chi connectivity index (χ1n) is 8.70. The van der Waals surface area contributed by atoms with Gasteiger partial charge >= 0.3 is 0 Å². The minimum absolute atomic E-state index is 0.154. The molecule has 2 heterocycles. The SMILES string of the molecule is CN=C(NCCc1cccnc1)NCC(C)(C)N1CCCCC1. The van der Waals surface area contributed by atoms with Crippen LogP contribution in [0.4, 0.5) is 0 Å². The summed E-state index contributed by atoms with van der Waals surface area (Å²) in [5.41, 5.74) is 1.39. The molecule has 1 aliphatic heterocycles. The van der Waals surface area contributed by atoms with Gasteiger partial charge in [-0.3, -0.25) is 14.9 Å². The molecule has 1 aliphatic rings. The van der Waals surface area contributed by atoms with Crippen molar-refractivity contribution in [3.63, 3.8) is 0 Å². The fraction of sp³-hybridized carbons (Fsp3) is 0.667. The lowest BCUT2D eigenvalue weighted by atomic mass is 9.98. The average molecular weight is 317 g/mol. The molecule has 0 aliphatic carbocycles. The van der Waals surface area contributed by atoms with Gasteiger partial charge in [0.05, 0.1) is 0 Å². The van der Waals surface area contributed by atoms with E-state index in [4.69, 9.17) is 0 Å². The Morgan fingerprint density at radius 2 is 2.04 bits per heavy atom. The van der Waals surface area contributed by atoms with Gasteiger partial charge in [0.25, 0.3) is 0 Å². The Morgan fingerprint density at radius 3 is 2.70 bits per heavy atom. The number of nitrogens with one attached hydrogen (secondary N) is 2. The number of aromatic nitrogens is 1. The summed E-state index contributed by atoms with van der Waals surface area (Å²) < 4.78 is 0. The van der Waals surface area contributed by atoms with Gasteiger partial charge in [-0.2, -0.15) is 0 Å². The second kappa shape index (κ2) is 8.87. The predicted molar refractivity (Wildman–Crippen MR) is 96.8 cm³/mol. The lowest BCUT2D eigenvalue weighted by Crippen LogP contribution is -2.55. The molecule has 128 valence electrons. The van der Waals surface area contributed by atoms with E-state index >= 15 is 0 Å². The summed E-state index contributed by atoms with van der Waals surface area (Å²) in [6.07, 6.45) is 8.68. The van der Waals surface area contributed by atoms with E-state index in [1.807, 2.05) is 19.3 Å². The van der Waals surface area contributed by atoms with Crippen molar-refractivity contribution in [2.45, 2.75) is 45.1 Å². The molecule has 1 saturated heterocycles. The number of piperidine rings is 1. The lowest BCUT2D eigenvalue weighted by molar-refractivity contribution is 0.0982. The smallest absolute Gasteiger partial charge is 0.191 e. The molecule has 0 amide bonds. The molecule has 1 aromatic rings. The summed E-state index contributed by atoms with van der Waals surface area (Å²) in [7, 11) is 1.83. The van der Waals surface area contributed by atoms with E-state index in [0.29, 0.717) is 0 Å². The first kappa shape index (κ1) is 17.7. The highest BCUT2D eigenvalue weighted by Gasteiger charge is 2.27. The van der Waals surface area contributed by atoms with Crippen molar-refractivity contribution in [2.75, 3.05) is 33.2 Å². The van der Waals surface area contributed by atoms with Gasteiger partial charge in [0.2, 0.25) is 0 Å². The van der Waals surface area contributed by atoms with Gasteiger partial charge < -0.3 is 10.6 Å². The number of hydrogen-bond donors (Lipinski definition) is 2. The molecular formula is C18H31N5. The van der Waals surface area contributed by atoms with Crippen molar-refractivity contribution < 1.29 is 0 Å². The Labute approximate surface area is 140 Å². The van der Waals surface area contributed by atoms with Crippen molar-refractivity contribution >= 4 is 5.96 Å². The summed E-state index contributed by atoms with van der Waals surface area (Å²) in [5.74, 6) is 0.874. The maximum atomic E-state index is 4.33. The van der Waals surface area contributed by atoms with Crippen molar-refractivity contribution in [1.29, 1.82) is 0 Å². The van der Waals surface area contributed by atoms with Crippen molar-refractivity contribution in [3.05, 3.63) is 30.1 Å². The zero-order valence-electron chi connectivity index (χ0n) is 14.8. The van der Waals surface area contributed by atoms with Crippen LogP contribution in [0.3, 0.4) is 0 Å². The zero-order chi connectivity index (χ0) is 16.5. The van der Waals surface area contributed by atoms with E-state index in [1.54, 1.807) is 6.20 Å². The quantitative estimate of drug-likeness (QED) is 0.623. The van der Waals surface area contributed by atoms with E-state index in [-0.39, 0.29) is 5.54 Å². The van der Waals surface area contributed by atoms with Gasteiger partial charge in [-0.15, -0.1) is 0 Å². The number of rotatable bonds is 6. The van der Waals surface area contributed by atoms with Crippen LogP contribution in [0, 0.1) is 0 Å². The number of hydrogen-bond acceptors (Lipinski definition) is 3. The Hall–Kier alpha value is -1.62. The molecule has 0 spiro atoms. The second-order valence-electron chi connectivity index (χ2n) is 6.82. The third kappa shape index (κ3) is 5.82. The van der Waals surface area contributed by atoms with E-state index in [1.165, 1.54) is 37.9 Å². The van der Waals surface area contributed by atoms with Crippen molar-refractivity contribution in [3.8, 4) is 0 Å². The van der Waals surface area contributed by atoms with Crippen LogP contribution in [0.1, 0.15) is 38.7 Å². The van der Waals surface area contributed by atoms with E-state index in [2.05, 4.69) is 45.4 Å². The maximum absolute atomic E-state index is 4.33. The number of likely N-dealkylation sites (tertiary alicyclic amines) is 1. The second-order valence-corrected chi connectivity index (χ2v) is 6.82. The molecule has 0 unspecified atom stereocenters. The van der Waals surface area contributed by atoms with E-state index in [0.717, 1.165) is 25.5 Å². The summed E-state index contributed by atoms with van der Waals surface area (Å²) in [6.45, 7) is 8.81. The molecule has 0 radical (unpaired) electrons. The molecule has 1 aromatic heterocycles. The molecule has 2 rings (SSSR count). The number of aliphatic imine (C=N–C) groups is 1. The summed E-state index contributed by atoms with van der Waals surface area (Å²) in [4.78, 5) is 11.1. The van der Waals surface area contributed by atoms with Crippen LogP contribution < -0.4 is 10.6 Å². The maximum Gasteiger partial charge on any atom is 0.191 e.